The van der Waals surface area contributed by atoms with Gasteiger partial charge >= 0.3 is 0 Å². The molecular formula is C12H8F2N4O. The number of halogens is 2. The Labute approximate surface area is 105 Å². The van der Waals surface area contributed by atoms with Crippen molar-refractivity contribution in [2.24, 2.45) is 0 Å². The van der Waals surface area contributed by atoms with E-state index in [0.717, 1.165) is 22.7 Å². The number of nitrogens with two attached hydrogens (primary N) is 1. The third-order valence-corrected chi connectivity index (χ3v) is 2.68. The minimum absolute atomic E-state index is 0.0563. The molecule has 0 radical (unpaired) electrons. The van der Waals surface area contributed by atoms with Crippen molar-refractivity contribution in [3.8, 4) is 11.3 Å². The molecule has 0 fully saturated rings. The lowest BCUT2D eigenvalue weighted by atomic mass is 10.1. The van der Waals surface area contributed by atoms with E-state index in [4.69, 9.17) is 5.73 Å². The average Bonchev–Trinajstić information content (AvgIpc) is 2.70. The summed E-state index contributed by atoms with van der Waals surface area (Å²) >= 11 is 0. The van der Waals surface area contributed by atoms with Gasteiger partial charge in [-0.05, 0) is 12.1 Å². The topological polar surface area (TPSA) is 76.2 Å². The van der Waals surface area contributed by atoms with Crippen LogP contribution in [-0.4, -0.2) is 14.6 Å². The smallest absolute Gasteiger partial charge is 0.273 e. The van der Waals surface area contributed by atoms with E-state index in [2.05, 4.69) is 10.1 Å². The second-order valence-corrected chi connectivity index (χ2v) is 4.01. The van der Waals surface area contributed by atoms with Gasteiger partial charge < -0.3 is 5.73 Å². The van der Waals surface area contributed by atoms with Crippen molar-refractivity contribution in [2.75, 3.05) is 5.73 Å². The lowest BCUT2D eigenvalue weighted by Crippen LogP contribution is -2.14. The number of anilines is 1. The highest BCUT2D eigenvalue weighted by molar-refractivity contribution is 5.63. The van der Waals surface area contributed by atoms with Gasteiger partial charge in [-0.3, -0.25) is 9.89 Å². The summed E-state index contributed by atoms with van der Waals surface area (Å²) in [5.74, 6) is -1.20. The van der Waals surface area contributed by atoms with E-state index in [9.17, 15) is 13.6 Å². The van der Waals surface area contributed by atoms with Gasteiger partial charge in [0, 0.05) is 23.8 Å². The molecule has 0 bridgehead atoms. The minimum atomic E-state index is -0.778. The average molecular weight is 262 g/mol. The molecule has 96 valence electrons. The predicted molar refractivity (Wildman–Crippen MR) is 65.6 cm³/mol. The van der Waals surface area contributed by atoms with Crippen molar-refractivity contribution in [3.63, 3.8) is 0 Å². The Hall–Kier alpha value is -2.70. The molecule has 0 unspecified atom stereocenters. The Morgan fingerprint density at radius 1 is 1.21 bits per heavy atom. The molecule has 0 atom stereocenters. The van der Waals surface area contributed by atoms with Crippen LogP contribution in [0.2, 0.25) is 0 Å². The molecular weight excluding hydrogens is 254 g/mol. The molecule has 2 aromatic heterocycles. The number of fused-ring (bicyclic) bond motifs is 1. The van der Waals surface area contributed by atoms with E-state index < -0.39 is 17.2 Å². The number of nitrogens with zero attached hydrogens (tertiary/aromatic N) is 2. The third kappa shape index (κ3) is 1.85. The van der Waals surface area contributed by atoms with Crippen LogP contribution < -0.4 is 11.3 Å². The highest BCUT2D eigenvalue weighted by Gasteiger charge is 2.11. The lowest BCUT2D eigenvalue weighted by molar-refractivity contribution is 0.585. The molecule has 3 aromatic rings. The molecule has 3 N–H and O–H groups in total. The van der Waals surface area contributed by atoms with E-state index in [1.165, 1.54) is 12.1 Å². The van der Waals surface area contributed by atoms with E-state index in [-0.39, 0.29) is 22.7 Å². The number of H-pyrrole nitrogens is 1. The van der Waals surface area contributed by atoms with Gasteiger partial charge in [0.25, 0.3) is 5.56 Å². The van der Waals surface area contributed by atoms with Crippen LogP contribution >= 0.6 is 0 Å². The van der Waals surface area contributed by atoms with Gasteiger partial charge in [-0.1, -0.05) is 0 Å². The zero-order chi connectivity index (χ0) is 13.6. The van der Waals surface area contributed by atoms with Gasteiger partial charge in [-0.2, -0.15) is 4.52 Å². The minimum Gasteiger partial charge on any atom is -0.384 e. The van der Waals surface area contributed by atoms with Gasteiger partial charge in [0.1, 0.15) is 17.5 Å². The van der Waals surface area contributed by atoms with Crippen LogP contribution in [-0.2, 0) is 0 Å². The van der Waals surface area contributed by atoms with Crippen molar-refractivity contribution in [3.05, 3.63) is 52.3 Å². The van der Waals surface area contributed by atoms with Crippen molar-refractivity contribution >= 4 is 11.5 Å². The van der Waals surface area contributed by atoms with Crippen LogP contribution in [0.4, 0.5) is 14.6 Å². The van der Waals surface area contributed by atoms with E-state index in [1.54, 1.807) is 0 Å². The SMILES string of the molecule is Nc1cc2nc(-c3ccc(F)cc3F)cc(=O)n2[nH]1. The summed E-state index contributed by atoms with van der Waals surface area (Å²) < 4.78 is 27.6. The first-order chi connectivity index (χ1) is 9.04. The maximum atomic E-state index is 13.7. The molecule has 0 spiro atoms. The first-order valence-electron chi connectivity index (χ1n) is 5.38. The third-order valence-electron chi connectivity index (χ3n) is 2.68. The largest absolute Gasteiger partial charge is 0.384 e. The molecule has 7 heteroatoms. The van der Waals surface area contributed by atoms with E-state index in [0.29, 0.717) is 0 Å². The van der Waals surface area contributed by atoms with Crippen LogP contribution in [0, 0.1) is 11.6 Å². The number of rotatable bonds is 1. The van der Waals surface area contributed by atoms with Crippen molar-refractivity contribution in [2.45, 2.75) is 0 Å². The standard InChI is InChI=1S/C12H8F2N4O/c13-6-1-2-7(8(14)3-6)9-4-12(19)18-11(16-9)5-10(15)17-18/h1-5,17H,15H2. The number of hydrogen-bond acceptors (Lipinski definition) is 3. The molecule has 0 aliphatic heterocycles. The number of nitrogens with one attached hydrogen (secondary N) is 1. The highest BCUT2D eigenvalue weighted by Crippen LogP contribution is 2.21. The second kappa shape index (κ2) is 3.91. The summed E-state index contributed by atoms with van der Waals surface area (Å²) in [5.41, 5.74) is 5.54. The summed E-state index contributed by atoms with van der Waals surface area (Å²) in [4.78, 5) is 15.9. The molecule has 2 heterocycles. The molecule has 0 saturated carbocycles. The number of nitrogen functional groups attached to an aromatic ring is 1. The molecule has 1 aromatic carbocycles. The fourth-order valence-corrected chi connectivity index (χ4v) is 1.84. The van der Waals surface area contributed by atoms with Gasteiger partial charge in [-0.15, -0.1) is 0 Å². The summed E-state index contributed by atoms with van der Waals surface area (Å²) in [6.45, 7) is 0. The van der Waals surface area contributed by atoms with Crippen LogP contribution in [0.15, 0.2) is 35.1 Å². The van der Waals surface area contributed by atoms with E-state index >= 15 is 0 Å². The van der Waals surface area contributed by atoms with Crippen LogP contribution in [0.25, 0.3) is 16.9 Å². The summed E-state index contributed by atoms with van der Waals surface area (Å²) in [6.07, 6.45) is 0. The zero-order valence-corrected chi connectivity index (χ0v) is 9.52. The fraction of sp³-hybridized carbons (Fsp3) is 0. The maximum absolute atomic E-state index is 13.7. The quantitative estimate of drug-likeness (QED) is 0.698. The molecule has 5 nitrogen and oxygen atoms in total. The number of aromatic nitrogens is 3. The predicted octanol–water partition coefficient (Wildman–Crippen LogP) is 1.55. The number of hydrogen-bond donors (Lipinski definition) is 2. The molecule has 0 aliphatic rings. The van der Waals surface area contributed by atoms with Gasteiger partial charge in [0.2, 0.25) is 0 Å². The Morgan fingerprint density at radius 3 is 2.74 bits per heavy atom. The van der Waals surface area contributed by atoms with Crippen LogP contribution in [0.5, 0.6) is 0 Å². The Balaban J connectivity index is 2.28. The molecule has 0 saturated heterocycles. The Morgan fingerprint density at radius 2 is 2.00 bits per heavy atom. The maximum Gasteiger partial charge on any atom is 0.273 e. The molecule has 19 heavy (non-hydrogen) atoms. The molecule has 0 aliphatic carbocycles. The molecule has 3 rings (SSSR count). The van der Waals surface area contributed by atoms with Crippen molar-refractivity contribution in [1.29, 1.82) is 0 Å². The Kier molecular flexibility index (Phi) is 2.34. The first-order valence-corrected chi connectivity index (χ1v) is 5.38. The zero-order valence-electron chi connectivity index (χ0n) is 9.52. The fourth-order valence-electron chi connectivity index (χ4n) is 1.84. The number of benzene rings is 1. The second-order valence-electron chi connectivity index (χ2n) is 4.01. The monoisotopic (exact) mass is 262 g/mol. The number of aromatic amines is 1. The summed E-state index contributed by atoms with van der Waals surface area (Å²) in [5, 5.41) is 2.59. The highest BCUT2D eigenvalue weighted by atomic mass is 19.1. The Bertz CT molecular complexity index is 837. The van der Waals surface area contributed by atoms with Gasteiger partial charge in [-0.25, -0.2) is 13.8 Å². The van der Waals surface area contributed by atoms with Gasteiger partial charge in [0.15, 0.2) is 5.65 Å². The summed E-state index contributed by atoms with van der Waals surface area (Å²) in [7, 11) is 0. The lowest BCUT2D eigenvalue weighted by Gasteiger charge is -2.02. The molecule has 0 amide bonds. The normalized spacial score (nSPS) is 11.1. The van der Waals surface area contributed by atoms with Crippen LogP contribution in [0.1, 0.15) is 0 Å². The summed E-state index contributed by atoms with van der Waals surface area (Å²) in [6, 6.07) is 5.68. The first kappa shape index (κ1) is 11.4. The van der Waals surface area contributed by atoms with Crippen molar-refractivity contribution in [1.82, 2.24) is 14.6 Å². The van der Waals surface area contributed by atoms with Crippen molar-refractivity contribution < 1.29 is 8.78 Å². The van der Waals surface area contributed by atoms with Gasteiger partial charge in [0.05, 0.1) is 5.69 Å². The van der Waals surface area contributed by atoms with Crippen LogP contribution in [0.3, 0.4) is 0 Å². The van der Waals surface area contributed by atoms with E-state index in [1.807, 2.05) is 0 Å².